The van der Waals surface area contributed by atoms with E-state index in [1.807, 2.05) is 24.3 Å². The van der Waals surface area contributed by atoms with Crippen molar-refractivity contribution in [1.29, 1.82) is 0 Å². The van der Waals surface area contributed by atoms with Crippen LogP contribution in [0.3, 0.4) is 0 Å². The van der Waals surface area contributed by atoms with Crippen molar-refractivity contribution in [2.75, 3.05) is 40.0 Å². The van der Waals surface area contributed by atoms with Crippen LogP contribution in [-0.4, -0.2) is 146 Å². The lowest BCUT2D eigenvalue weighted by atomic mass is 9.99. The van der Waals surface area contributed by atoms with Crippen molar-refractivity contribution in [2.24, 2.45) is 0 Å². The molecule has 1 aliphatic rings. The number of likely N-dealkylation sites (N-methyl/N-ethyl adjacent to an activating group) is 1. The molecule has 1 aromatic heterocycles. The van der Waals surface area contributed by atoms with Gasteiger partial charge in [0.15, 0.2) is 0 Å². The first kappa shape index (κ1) is 35.0. The third-order valence-corrected chi connectivity index (χ3v) is 7.90. The number of benzene rings is 2. The molecule has 4 rings (SSSR count). The van der Waals surface area contributed by atoms with Gasteiger partial charge in [-0.15, -0.1) is 0 Å². The molecule has 2 heterocycles. The summed E-state index contributed by atoms with van der Waals surface area (Å²) in [5.41, 5.74) is 2.43. The molecule has 1 saturated heterocycles. The van der Waals surface area contributed by atoms with Gasteiger partial charge in [0.25, 0.3) is 0 Å². The number of furan rings is 1. The third-order valence-electron chi connectivity index (χ3n) is 7.90. The zero-order valence-electron chi connectivity index (χ0n) is 24.9. The minimum Gasteiger partial charge on any atom is -0.492 e. The second-order valence-electron chi connectivity index (χ2n) is 11.3. The summed E-state index contributed by atoms with van der Waals surface area (Å²) >= 11 is 0. The zero-order valence-corrected chi connectivity index (χ0v) is 24.9. The highest BCUT2D eigenvalue weighted by Gasteiger charge is 2.45. The fourth-order valence-electron chi connectivity index (χ4n) is 5.12. The Balaban J connectivity index is 1.29. The summed E-state index contributed by atoms with van der Waals surface area (Å²) in [5, 5.41) is 88.9. The van der Waals surface area contributed by atoms with Gasteiger partial charge in [0, 0.05) is 18.7 Å². The summed E-state index contributed by atoms with van der Waals surface area (Å²) in [6, 6.07) is 12.7. The number of ether oxygens (including phenoxy) is 3. The Kier molecular flexibility index (Phi) is 12.5. The minimum atomic E-state index is -1.67. The molecule has 0 saturated carbocycles. The van der Waals surface area contributed by atoms with Crippen molar-refractivity contribution in [3.63, 3.8) is 0 Å². The maximum atomic E-state index is 10.4. The number of rotatable bonds is 16. The van der Waals surface area contributed by atoms with Crippen LogP contribution in [-0.2, 0) is 17.6 Å². The van der Waals surface area contributed by atoms with Crippen LogP contribution in [0.4, 0.5) is 0 Å². The maximum Gasteiger partial charge on any atom is 0.229 e. The van der Waals surface area contributed by atoms with Crippen molar-refractivity contribution in [3.05, 3.63) is 59.9 Å². The smallest absolute Gasteiger partial charge is 0.229 e. The van der Waals surface area contributed by atoms with Crippen LogP contribution < -0.4 is 9.47 Å². The molecule has 3 aromatic rings. The van der Waals surface area contributed by atoms with E-state index in [9.17, 15) is 40.9 Å². The molecule has 14 heteroatoms. The topological polar surface area (TPSA) is 226 Å². The summed E-state index contributed by atoms with van der Waals surface area (Å²) in [5.74, 6) is 0.994. The first-order valence-electron chi connectivity index (χ1n) is 14.7. The molecule has 45 heavy (non-hydrogen) atoms. The van der Waals surface area contributed by atoms with Gasteiger partial charge in [-0.2, -0.15) is 0 Å². The minimum absolute atomic E-state index is 0.0106. The van der Waals surface area contributed by atoms with E-state index in [-0.39, 0.29) is 6.54 Å². The van der Waals surface area contributed by atoms with Crippen LogP contribution in [0.1, 0.15) is 11.1 Å². The third kappa shape index (κ3) is 8.69. The van der Waals surface area contributed by atoms with Crippen LogP contribution in [0, 0.1) is 0 Å². The Hall–Kier alpha value is -2.86. The Morgan fingerprint density at radius 1 is 0.867 bits per heavy atom. The van der Waals surface area contributed by atoms with Gasteiger partial charge >= 0.3 is 0 Å². The molecule has 0 bridgehead atoms. The van der Waals surface area contributed by atoms with Crippen LogP contribution in [0.25, 0.3) is 11.0 Å². The van der Waals surface area contributed by atoms with Gasteiger partial charge in [0.05, 0.1) is 31.0 Å². The molecule has 2 aromatic carbocycles. The van der Waals surface area contributed by atoms with Crippen molar-refractivity contribution in [3.8, 4) is 11.5 Å². The molecule has 0 radical (unpaired) electrons. The molecule has 14 nitrogen and oxygen atoms in total. The van der Waals surface area contributed by atoms with E-state index < -0.39 is 68.3 Å². The lowest BCUT2D eigenvalue weighted by Gasteiger charge is -2.39. The van der Waals surface area contributed by atoms with Crippen molar-refractivity contribution in [2.45, 2.75) is 68.0 Å². The van der Waals surface area contributed by atoms with Gasteiger partial charge in [0.1, 0.15) is 66.4 Å². The highest BCUT2D eigenvalue weighted by molar-refractivity contribution is 5.87. The molecule has 1 fully saturated rings. The Labute approximate surface area is 259 Å². The molecular weight excluding hydrogens is 594 g/mol. The number of hydrogen-bond acceptors (Lipinski definition) is 14. The molecule has 250 valence electrons. The number of fused-ring (bicyclic) bond motifs is 1. The molecule has 1 aliphatic heterocycles. The summed E-state index contributed by atoms with van der Waals surface area (Å²) in [4.78, 5) is 1.70. The van der Waals surface area contributed by atoms with E-state index >= 15 is 0 Å². The average molecular weight is 638 g/mol. The molecule has 9 N–H and O–H groups in total. The van der Waals surface area contributed by atoms with E-state index in [0.717, 1.165) is 11.1 Å². The zero-order chi connectivity index (χ0) is 32.7. The van der Waals surface area contributed by atoms with Crippen LogP contribution in [0.15, 0.2) is 53.1 Å². The van der Waals surface area contributed by atoms with Gasteiger partial charge in [-0.05, 0) is 49.7 Å². The summed E-state index contributed by atoms with van der Waals surface area (Å²) in [6.07, 6.45) is -10.3. The summed E-state index contributed by atoms with van der Waals surface area (Å²) in [6.45, 7) is -0.592. The quantitative estimate of drug-likeness (QED) is 0.0840. The number of aliphatic hydroxyl groups excluding tert-OH is 9. The average Bonchev–Trinajstić information content (AvgIpc) is 3.47. The lowest BCUT2D eigenvalue weighted by molar-refractivity contribution is -0.277. The fourth-order valence-corrected chi connectivity index (χ4v) is 5.12. The molecule has 9 atom stereocenters. The number of hydrogen-bond donors (Lipinski definition) is 9. The SMILES string of the molecule is CN(CCOc1ccc(CCc2coc3cccc(O[C@@H]4O[C@H](CO)[C@@H](O)[C@H](O)[C@H]4O)c23)cc1)C[C@H](O)[C@@H](O)[C@H](O)[C@H](O)CO. The van der Waals surface area contributed by atoms with Gasteiger partial charge < -0.3 is 69.5 Å². The molecule has 0 amide bonds. The molecule has 0 unspecified atom stereocenters. The normalized spacial score (nSPS) is 24.8. The Morgan fingerprint density at radius 2 is 1.58 bits per heavy atom. The van der Waals surface area contributed by atoms with Gasteiger partial charge in [-0.3, -0.25) is 0 Å². The van der Waals surface area contributed by atoms with Crippen molar-refractivity contribution in [1.82, 2.24) is 4.90 Å². The molecule has 0 aliphatic carbocycles. The Bertz CT molecular complexity index is 1320. The van der Waals surface area contributed by atoms with Gasteiger partial charge in [-0.25, -0.2) is 0 Å². The highest BCUT2D eigenvalue weighted by Crippen LogP contribution is 2.34. The monoisotopic (exact) mass is 637 g/mol. The number of aliphatic hydroxyl groups is 9. The fraction of sp³-hybridized carbons (Fsp3) is 0.548. The van der Waals surface area contributed by atoms with Crippen molar-refractivity contribution >= 4 is 11.0 Å². The Morgan fingerprint density at radius 3 is 2.27 bits per heavy atom. The van der Waals surface area contributed by atoms with Crippen molar-refractivity contribution < 1.29 is 64.6 Å². The largest absolute Gasteiger partial charge is 0.492 e. The maximum absolute atomic E-state index is 10.4. The lowest BCUT2D eigenvalue weighted by Crippen LogP contribution is -2.60. The summed E-state index contributed by atoms with van der Waals surface area (Å²) < 4.78 is 22.9. The van der Waals surface area contributed by atoms with Crippen LogP contribution >= 0.6 is 0 Å². The predicted molar refractivity (Wildman–Crippen MR) is 159 cm³/mol. The molecular formula is C31H43NO13. The van der Waals surface area contributed by atoms with E-state index in [4.69, 9.17) is 23.7 Å². The second kappa shape index (κ2) is 16.1. The second-order valence-corrected chi connectivity index (χ2v) is 11.3. The van der Waals surface area contributed by atoms with E-state index in [1.54, 1.807) is 36.4 Å². The predicted octanol–water partition coefficient (Wildman–Crippen LogP) is -1.86. The standard InChI is InChI=1S/C31H43NO13/c1-32(13-20(35)26(37)27(38)21(36)14-33)11-12-42-19-9-6-17(7-10-19)5-8-18-16-43-22-3-2-4-23(25(18)22)44-31-30(41)29(40)28(39)24(15-34)45-31/h2-4,6-7,9-10,16,20-21,24,26-31,33-41H,5,8,11-15H2,1H3/t20-,21+,24+,26+,27+,28+,29-,30+,31+/m0/s1. The number of aryl methyl sites for hydroxylation is 2. The summed E-state index contributed by atoms with van der Waals surface area (Å²) in [7, 11) is 1.71. The van der Waals surface area contributed by atoms with Crippen LogP contribution in [0.5, 0.6) is 11.5 Å². The van der Waals surface area contributed by atoms with Gasteiger partial charge in [0.2, 0.25) is 6.29 Å². The number of nitrogens with zero attached hydrogens (tertiary/aromatic N) is 1. The van der Waals surface area contributed by atoms with E-state index in [0.29, 0.717) is 48.5 Å². The molecule has 0 spiro atoms. The van der Waals surface area contributed by atoms with E-state index in [1.165, 1.54) is 0 Å². The van der Waals surface area contributed by atoms with E-state index in [2.05, 4.69) is 0 Å². The highest BCUT2D eigenvalue weighted by atomic mass is 16.7. The first-order chi connectivity index (χ1) is 21.5. The van der Waals surface area contributed by atoms with Crippen LogP contribution in [0.2, 0.25) is 0 Å². The van der Waals surface area contributed by atoms with Gasteiger partial charge in [-0.1, -0.05) is 18.2 Å². The first-order valence-corrected chi connectivity index (χ1v) is 14.7.